The summed E-state index contributed by atoms with van der Waals surface area (Å²) in [5.41, 5.74) is 3.36. The molecule has 1 aliphatic heterocycles. The first kappa shape index (κ1) is 20.4. The van der Waals surface area contributed by atoms with E-state index in [1.165, 1.54) is 0 Å². The quantitative estimate of drug-likeness (QED) is 0.584. The van der Waals surface area contributed by atoms with Crippen LogP contribution in [0.4, 0.5) is 11.4 Å². The molecule has 31 heavy (non-hydrogen) atoms. The summed E-state index contributed by atoms with van der Waals surface area (Å²) >= 11 is 0. The van der Waals surface area contributed by atoms with Gasteiger partial charge in [0, 0.05) is 23.0 Å². The third-order valence-corrected chi connectivity index (χ3v) is 5.02. The summed E-state index contributed by atoms with van der Waals surface area (Å²) in [6.07, 6.45) is 0. The summed E-state index contributed by atoms with van der Waals surface area (Å²) < 4.78 is 21.4. The third kappa shape index (κ3) is 4.50. The molecule has 4 rings (SSSR count). The van der Waals surface area contributed by atoms with E-state index in [0.717, 1.165) is 28.3 Å². The van der Waals surface area contributed by atoms with Gasteiger partial charge in [0.1, 0.15) is 17.5 Å². The van der Waals surface area contributed by atoms with Gasteiger partial charge in [0.2, 0.25) is 12.7 Å². The van der Waals surface area contributed by atoms with Crippen LogP contribution in [0.15, 0.2) is 60.7 Å². The zero-order valence-corrected chi connectivity index (χ0v) is 17.6. The lowest BCUT2D eigenvalue weighted by molar-refractivity contribution is -0.116. The molecule has 0 fully saturated rings. The van der Waals surface area contributed by atoms with Crippen molar-refractivity contribution < 1.29 is 23.7 Å². The molecule has 0 bridgehead atoms. The van der Waals surface area contributed by atoms with Gasteiger partial charge in [-0.25, -0.2) is 0 Å². The number of anilines is 2. The first-order chi connectivity index (χ1) is 15.1. The van der Waals surface area contributed by atoms with E-state index >= 15 is 0 Å². The Morgan fingerprint density at radius 3 is 2.39 bits per heavy atom. The molecule has 1 heterocycles. The van der Waals surface area contributed by atoms with Gasteiger partial charge in [0.15, 0.2) is 11.5 Å². The Bertz CT molecular complexity index is 1080. The smallest absolute Gasteiger partial charge is 0.246 e. The molecule has 0 aliphatic carbocycles. The van der Waals surface area contributed by atoms with Crippen LogP contribution in [0.1, 0.15) is 6.92 Å². The van der Waals surface area contributed by atoms with Gasteiger partial charge < -0.3 is 29.6 Å². The van der Waals surface area contributed by atoms with Crippen molar-refractivity contribution in [1.82, 2.24) is 0 Å². The maximum Gasteiger partial charge on any atom is 0.246 e. The summed E-state index contributed by atoms with van der Waals surface area (Å²) in [5, 5.41) is 6.15. The number of amides is 1. The van der Waals surface area contributed by atoms with E-state index in [2.05, 4.69) is 10.6 Å². The number of rotatable bonds is 7. The fourth-order valence-electron chi connectivity index (χ4n) is 3.33. The van der Waals surface area contributed by atoms with E-state index in [0.29, 0.717) is 17.2 Å². The molecule has 3 aromatic rings. The second-order valence-electron chi connectivity index (χ2n) is 7.07. The Morgan fingerprint density at radius 1 is 0.903 bits per heavy atom. The number of hydrogen-bond acceptors (Lipinski definition) is 6. The molecule has 0 aromatic heterocycles. The molecule has 7 heteroatoms. The van der Waals surface area contributed by atoms with E-state index in [-0.39, 0.29) is 12.7 Å². The highest BCUT2D eigenvalue weighted by Crippen LogP contribution is 2.35. The van der Waals surface area contributed by atoms with Gasteiger partial charge in [-0.3, -0.25) is 4.79 Å². The average molecular weight is 420 g/mol. The summed E-state index contributed by atoms with van der Waals surface area (Å²) in [5.74, 6) is 2.66. The number of nitrogens with one attached hydrogen (secondary N) is 2. The van der Waals surface area contributed by atoms with Gasteiger partial charge in [0.25, 0.3) is 0 Å². The monoisotopic (exact) mass is 420 g/mol. The van der Waals surface area contributed by atoms with Crippen molar-refractivity contribution in [2.45, 2.75) is 13.0 Å². The van der Waals surface area contributed by atoms with Crippen LogP contribution in [0.3, 0.4) is 0 Å². The van der Waals surface area contributed by atoms with Crippen LogP contribution in [0.25, 0.3) is 11.1 Å². The van der Waals surface area contributed by atoms with Crippen molar-refractivity contribution in [2.75, 3.05) is 31.6 Å². The zero-order chi connectivity index (χ0) is 21.8. The highest BCUT2D eigenvalue weighted by Gasteiger charge is 2.17. The fraction of sp³-hybridized carbons (Fsp3) is 0.208. The normalized spacial score (nSPS) is 12.7. The van der Waals surface area contributed by atoms with Gasteiger partial charge in [-0.05, 0) is 55.0 Å². The van der Waals surface area contributed by atoms with Gasteiger partial charge in [0.05, 0.1) is 14.2 Å². The summed E-state index contributed by atoms with van der Waals surface area (Å²) in [6.45, 7) is 2.00. The minimum absolute atomic E-state index is 0.166. The Hall–Kier alpha value is -3.87. The number of methoxy groups -OCH3 is 2. The molecule has 1 amide bonds. The van der Waals surface area contributed by atoms with Gasteiger partial charge in [-0.2, -0.15) is 0 Å². The third-order valence-electron chi connectivity index (χ3n) is 5.02. The molecule has 0 saturated carbocycles. The van der Waals surface area contributed by atoms with Gasteiger partial charge in [-0.1, -0.05) is 12.1 Å². The second kappa shape index (κ2) is 8.87. The number of carbonyl (C=O) groups excluding carboxylic acids is 1. The molecule has 3 aromatic carbocycles. The maximum absolute atomic E-state index is 12.7. The van der Waals surface area contributed by atoms with Crippen molar-refractivity contribution in [3.05, 3.63) is 60.7 Å². The topological polar surface area (TPSA) is 78.1 Å². The fourth-order valence-corrected chi connectivity index (χ4v) is 3.33. The molecule has 1 aliphatic rings. The lowest BCUT2D eigenvalue weighted by Crippen LogP contribution is -2.31. The van der Waals surface area contributed by atoms with E-state index in [4.69, 9.17) is 18.9 Å². The van der Waals surface area contributed by atoms with Crippen LogP contribution >= 0.6 is 0 Å². The van der Waals surface area contributed by atoms with Crippen molar-refractivity contribution in [2.24, 2.45) is 0 Å². The van der Waals surface area contributed by atoms with Crippen LogP contribution in [0, 0.1) is 0 Å². The molecular formula is C24H24N2O5. The van der Waals surface area contributed by atoms with Crippen molar-refractivity contribution in [1.29, 1.82) is 0 Å². The number of hydrogen-bond donors (Lipinski definition) is 2. The molecule has 0 unspecified atom stereocenters. The van der Waals surface area contributed by atoms with Crippen molar-refractivity contribution in [3.8, 4) is 34.1 Å². The van der Waals surface area contributed by atoms with Crippen LogP contribution in [0.2, 0.25) is 0 Å². The summed E-state index contributed by atoms with van der Waals surface area (Å²) in [6, 6.07) is 18.3. The first-order valence-electron chi connectivity index (χ1n) is 9.87. The Kier molecular flexibility index (Phi) is 5.84. The molecule has 2 N–H and O–H groups in total. The lowest BCUT2D eigenvalue weighted by atomic mass is 10.0. The Balaban J connectivity index is 1.48. The molecule has 160 valence electrons. The van der Waals surface area contributed by atoms with Crippen molar-refractivity contribution >= 4 is 17.3 Å². The molecule has 0 spiro atoms. The molecule has 0 saturated heterocycles. The average Bonchev–Trinajstić information content (AvgIpc) is 3.27. The van der Waals surface area contributed by atoms with Crippen LogP contribution < -0.4 is 29.6 Å². The summed E-state index contributed by atoms with van der Waals surface area (Å²) in [7, 11) is 3.27. The minimum atomic E-state index is -0.470. The molecule has 0 radical (unpaired) electrons. The largest absolute Gasteiger partial charge is 0.497 e. The van der Waals surface area contributed by atoms with E-state index in [9.17, 15) is 4.79 Å². The predicted molar refractivity (Wildman–Crippen MR) is 119 cm³/mol. The first-order valence-corrected chi connectivity index (χ1v) is 9.87. The Morgan fingerprint density at radius 2 is 1.65 bits per heavy atom. The maximum atomic E-state index is 12.7. The Labute approximate surface area is 180 Å². The van der Waals surface area contributed by atoms with E-state index in [1.807, 2.05) is 42.5 Å². The standard InChI is InChI=1S/C24H24N2O5/c1-15(24(27)26-18-7-11-22-23(13-18)31-14-30-22)25-17-6-10-21(29-3)20(12-17)16-4-8-19(28-2)9-5-16/h4-13,15,25H,14H2,1-3H3,(H,26,27)/t15-/m1/s1. The van der Waals surface area contributed by atoms with Crippen LogP contribution in [-0.4, -0.2) is 33.0 Å². The number of ether oxygens (including phenoxy) is 4. The lowest BCUT2D eigenvalue weighted by Gasteiger charge is -2.17. The van der Waals surface area contributed by atoms with Gasteiger partial charge in [-0.15, -0.1) is 0 Å². The van der Waals surface area contributed by atoms with Crippen molar-refractivity contribution in [3.63, 3.8) is 0 Å². The minimum Gasteiger partial charge on any atom is -0.497 e. The van der Waals surface area contributed by atoms with Crippen LogP contribution in [0.5, 0.6) is 23.0 Å². The van der Waals surface area contributed by atoms with Gasteiger partial charge >= 0.3 is 0 Å². The number of fused-ring (bicyclic) bond motifs is 1. The molecule has 1 atom stereocenters. The number of benzene rings is 3. The predicted octanol–water partition coefficient (Wildman–Crippen LogP) is 4.54. The van der Waals surface area contributed by atoms with E-state index < -0.39 is 6.04 Å². The highest BCUT2D eigenvalue weighted by molar-refractivity contribution is 5.96. The molecular weight excluding hydrogens is 396 g/mol. The summed E-state index contributed by atoms with van der Waals surface area (Å²) in [4.78, 5) is 12.7. The highest BCUT2D eigenvalue weighted by atomic mass is 16.7. The molecule has 7 nitrogen and oxygen atoms in total. The second-order valence-corrected chi connectivity index (χ2v) is 7.07. The number of carbonyl (C=O) groups is 1. The van der Waals surface area contributed by atoms with E-state index in [1.54, 1.807) is 39.3 Å². The SMILES string of the molecule is COc1ccc(-c2cc(N[C@H](C)C(=O)Nc3ccc4c(c3)OCO4)ccc2OC)cc1. The van der Waals surface area contributed by atoms with Crippen LogP contribution in [-0.2, 0) is 4.79 Å². The zero-order valence-electron chi connectivity index (χ0n) is 17.6.